The second-order valence-corrected chi connectivity index (χ2v) is 3.88. The number of ether oxygens (including phenoxy) is 1. The van der Waals surface area contributed by atoms with Gasteiger partial charge in [0.25, 0.3) is 0 Å². The van der Waals surface area contributed by atoms with Crippen molar-refractivity contribution in [3.63, 3.8) is 0 Å². The Balaban J connectivity index is 2.11. The number of nitrogens with one attached hydrogen (secondary N) is 1. The molecule has 0 fully saturated rings. The number of allylic oxidation sites excluding steroid dienone is 1. The molecule has 0 saturated carbocycles. The molecule has 0 radical (unpaired) electrons. The van der Waals surface area contributed by atoms with E-state index < -0.39 is 0 Å². The molecule has 3 nitrogen and oxygen atoms in total. The monoisotopic (exact) mass is 229 g/mol. The zero-order valence-corrected chi connectivity index (χ0v) is 9.73. The standard InChI is InChI=1S/C14H15NO2/c1-10-11(2)15-8-13(16)14(10)17-9-12-6-4-3-5-7-12/h3-8,15-16H,2,9H2,1H3. The molecular weight excluding hydrogens is 214 g/mol. The van der Waals surface area contributed by atoms with Crippen molar-refractivity contribution in [2.45, 2.75) is 13.5 Å². The summed E-state index contributed by atoms with van der Waals surface area (Å²) in [5, 5.41) is 12.6. The fourth-order valence-corrected chi connectivity index (χ4v) is 1.57. The fourth-order valence-electron chi connectivity index (χ4n) is 1.57. The van der Waals surface area contributed by atoms with Crippen molar-refractivity contribution in [1.82, 2.24) is 5.32 Å². The molecule has 88 valence electrons. The van der Waals surface area contributed by atoms with E-state index in [-0.39, 0.29) is 5.76 Å². The first-order valence-electron chi connectivity index (χ1n) is 5.41. The van der Waals surface area contributed by atoms with E-state index in [9.17, 15) is 5.11 Å². The van der Waals surface area contributed by atoms with Crippen LogP contribution in [0.5, 0.6) is 0 Å². The average Bonchev–Trinajstić information content (AvgIpc) is 2.35. The maximum absolute atomic E-state index is 9.71. The Bertz CT molecular complexity index is 486. The lowest BCUT2D eigenvalue weighted by Gasteiger charge is -2.19. The van der Waals surface area contributed by atoms with Crippen LogP contribution in [-0.2, 0) is 11.3 Å². The molecule has 0 saturated heterocycles. The van der Waals surface area contributed by atoms with E-state index in [1.165, 1.54) is 6.20 Å². The van der Waals surface area contributed by atoms with Gasteiger partial charge >= 0.3 is 0 Å². The lowest BCUT2D eigenvalue weighted by molar-refractivity contribution is 0.177. The van der Waals surface area contributed by atoms with Crippen molar-refractivity contribution in [3.8, 4) is 0 Å². The molecule has 3 heteroatoms. The van der Waals surface area contributed by atoms with E-state index in [1.807, 2.05) is 37.3 Å². The summed E-state index contributed by atoms with van der Waals surface area (Å²) < 4.78 is 5.62. The minimum absolute atomic E-state index is 0.103. The Labute approximate surface area is 101 Å². The molecule has 1 heterocycles. The van der Waals surface area contributed by atoms with Gasteiger partial charge in [0, 0.05) is 17.5 Å². The van der Waals surface area contributed by atoms with Gasteiger partial charge in [-0.1, -0.05) is 36.9 Å². The molecule has 17 heavy (non-hydrogen) atoms. The zero-order valence-electron chi connectivity index (χ0n) is 9.73. The van der Waals surface area contributed by atoms with Crippen LogP contribution >= 0.6 is 0 Å². The largest absolute Gasteiger partial charge is 0.503 e. The first-order chi connectivity index (χ1) is 8.18. The molecule has 1 aliphatic heterocycles. The third kappa shape index (κ3) is 2.50. The molecule has 1 aromatic carbocycles. The highest BCUT2D eigenvalue weighted by molar-refractivity contribution is 5.40. The van der Waals surface area contributed by atoms with Gasteiger partial charge in [-0.15, -0.1) is 0 Å². The summed E-state index contributed by atoms with van der Waals surface area (Å²) in [6.45, 7) is 6.12. The highest BCUT2D eigenvalue weighted by atomic mass is 16.5. The molecule has 0 unspecified atom stereocenters. The van der Waals surface area contributed by atoms with Crippen LogP contribution in [0, 0.1) is 0 Å². The lowest BCUT2D eigenvalue weighted by Crippen LogP contribution is -2.16. The first kappa shape index (κ1) is 11.3. The number of benzene rings is 1. The summed E-state index contributed by atoms with van der Waals surface area (Å²) in [4.78, 5) is 0. The van der Waals surface area contributed by atoms with Gasteiger partial charge in [-0.2, -0.15) is 0 Å². The molecule has 2 N–H and O–H groups in total. The molecule has 0 bridgehead atoms. The van der Waals surface area contributed by atoms with Crippen LogP contribution in [0.1, 0.15) is 12.5 Å². The predicted molar refractivity (Wildman–Crippen MR) is 66.9 cm³/mol. The highest BCUT2D eigenvalue weighted by Gasteiger charge is 2.16. The van der Waals surface area contributed by atoms with Crippen molar-refractivity contribution < 1.29 is 9.84 Å². The quantitative estimate of drug-likeness (QED) is 0.837. The Morgan fingerprint density at radius 2 is 2.00 bits per heavy atom. The van der Waals surface area contributed by atoms with Crippen molar-refractivity contribution in [3.05, 3.63) is 71.5 Å². The van der Waals surface area contributed by atoms with Crippen molar-refractivity contribution in [2.75, 3.05) is 0 Å². The second kappa shape index (κ2) is 4.78. The summed E-state index contributed by atoms with van der Waals surface area (Å²) in [6.07, 6.45) is 1.48. The Kier molecular flexibility index (Phi) is 3.19. The number of aliphatic hydroxyl groups is 1. The van der Waals surface area contributed by atoms with Gasteiger partial charge in [0.1, 0.15) is 6.61 Å². The smallest absolute Gasteiger partial charge is 0.174 e. The third-order valence-corrected chi connectivity index (χ3v) is 2.64. The van der Waals surface area contributed by atoms with Crippen LogP contribution < -0.4 is 5.32 Å². The Hall–Kier alpha value is -2.16. The summed E-state index contributed by atoms with van der Waals surface area (Å²) >= 11 is 0. The van der Waals surface area contributed by atoms with Crippen LogP contribution in [0.4, 0.5) is 0 Å². The van der Waals surface area contributed by atoms with Crippen molar-refractivity contribution in [2.24, 2.45) is 0 Å². The minimum atomic E-state index is 0.103. The van der Waals surface area contributed by atoms with Crippen LogP contribution in [0.15, 0.2) is 65.9 Å². The molecule has 2 rings (SSSR count). The molecule has 1 aliphatic rings. The number of hydrogen-bond donors (Lipinski definition) is 2. The molecule has 1 aromatic rings. The van der Waals surface area contributed by atoms with E-state index in [0.29, 0.717) is 12.4 Å². The molecule has 0 atom stereocenters. The topological polar surface area (TPSA) is 41.5 Å². The van der Waals surface area contributed by atoms with Gasteiger partial charge in [0.2, 0.25) is 0 Å². The van der Waals surface area contributed by atoms with E-state index in [4.69, 9.17) is 4.74 Å². The van der Waals surface area contributed by atoms with Crippen LogP contribution in [0.2, 0.25) is 0 Å². The van der Waals surface area contributed by atoms with Crippen LogP contribution in [0.25, 0.3) is 0 Å². The predicted octanol–water partition coefficient (Wildman–Crippen LogP) is 2.99. The lowest BCUT2D eigenvalue weighted by atomic mass is 10.1. The van der Waals surface area contributed by atoms with E-state index in [1.54, 1.807) is 0 Å². The first-order valence-corrected chi connectivity index (χ1v) is 5.41. The van der Waals surface area contributed by atoms with Gasteiger partial charge in [0.15, 0.2) is 11.5 Å². The van der Waals surface area contributed by atoms with Gasteiger partial charge in [-0.05, 0) is 12.5 Å². The van der Waals surface area contributed by atoms with Crippen LogP contribution in [-0.4, -0.2) is 5.11 Å². The molecule has 0 aromatic heterocycles. The van der Waals surface area contributed by atoms with E-state index >= 15 is 0 Å². The maximum atomic E-state index is 9.71. The summed E-state index contributed by atoms with van der Waals surface area (Å²) in [7, 11) is 0. The zero-order chi connectivity index (χ0) is 12.3. The maximum Gasteiger partial charge on any atom is 0.174 e. The average molecular weight is 229 g/mol. The minimum Gasteiger partial charge on any atom is -0.503 e. The highest BCUT2D eigenvalue weighted by Crippen LogP contribution is 2.23. The molecular formula is C14H15NO2. The third-order valence-electron chi connectivity index (χ3n) is 2.64. The normalized spacial score (nSPS) is 15.4. The fraction of sp³-hybridized carbons (Fsp3) is 0.143. The number of rotatable bonds is 3. The number of hydrogen-bond acceptors (Lipinski definition) is 3. The van der Waals surface area contributed by atoms with Gasteiger partial charge in [-0.3, -0.25) is 0 Å². The Morgan fingerprint density at radius 1 is 1.29 bits per heavy atom. The SMILES string of the molecule is C=C1NC=C(O)C(OCc2ccccc2)=C1C. The summed E-state index contributed by atoms with van der Waals surface area (Å²) in [5.41, 5.74) is 2.62. The molecule has 0 amide bonds. The van der Waals surface area contributed by atoms with E-state index in [0.717, 1.165) is 16.8 Å². The van der Waals surface area contributed by atoms with Gasteiger partial charge < -0.3 is 15.2 Å². The van der Waals surface area contributed by atoms with Gasteiger partial charge in [0.05, 0.1) is 0 Å². The van der Waals surface area contributed by atoms with Crippen molar-refractivity contribution in [1.29, 1.82) is 0 Å². The molecule has 0 spiro atoms. The molecule has 0 aliphatic carbocycles. The number of dihydropyridines is 1. The van der Waals surface area contributed by atoms with E-state index in [2.05, 4.69) is 11.9 Å². The van der Waals surface area contributed by atoms with Crippen LogP contribution in [0.3, 0.4) is 0 Å². The number of aliphatic hydroxyl groups excluding tert-OH is 1. The second-order valence-electron chi connectivity index (χ2n) is 3.88. The van der Waals surface area contributed by atoms with Gasteiger partial charge in [-0.25, -0.2) is 0 Å². The van der Waals surface area contributed by atoms with Crippen molar-refractivity contribution >= 4 is 0 Å². The summed E-state index contributed by atoms with van der Waals surface area (Å²) in [6, 6.07) is 9.82. The Morgan fingerprint density at radius 3 is 2.71 bits per heavy atom. The summed E-state index contributed by atoms with van der Waals surface area (Å²) in [5.74, 6) is 0.587.